The molecule has 0 spiro atoms. The third-order valence-corrected chi connectivity index (χ3v) is 2.59. The molecule has 1 aromatic heterocycles. The standard InChI is InChI=1S/C9H12ClN3O/c10-7-3-11-5-13-9(7)12-4-8(14)6-1-2-6/h3,5-6,8,14H,1-2,4H2,(H,11,12,13). The molecule has 0 radical (unpaired) electrons. The molecule has 1 aliphatic carbocycles. The maximum absolute atomic E-state index is 9.59. The highest BCUT2D eigenvalue weighted by Gasteiger charge is 2.29. The van der Waals surface area contributed by atoms with Crippen LogP contribution in [-0.4, -0.2) is 27.7 Å². The number of nitrogens with zero attached hydrogens (tertiary/aromatic N) is 2. The zero-order valence-electron chi connectivity index (χ0n) is 7.65. The maximum Gasteiger partial charge on any atom is 0.148 e. The van der Waals surface area contributed by atoms with Crippen LogP contribution in [-0.2, 0) is 0 Å². The van der Waals surface area contributed by atoms with E-state index in [4.69, 9.17) is 11.6 Å². The summed E-state index contributed by atoms with van der Waals surface area (Å²) in [4.78, 5) is 7.74. The van der Waals surface area contributed by atoms with Gasteiger partial charge in [-0.05, 0) is 18.8 Å². The van der Waals surface area contributed by atoms with Crippen molar-refractivity contribution in [3.8, 4) is 0 Å². The average molecular weight is 214 g/mol. The third kappa shape index (κ3) is 2.33. The average Bonchev–Trinajstić information content (AvgIpc) is 2.99. The van der Waals surface area contributed by atoms with E-state index >= 15 is 0 Å². The van der Waals surface area contributed by atoms with Crippen molar-refractivity contribution in [2.45, 2.75) is 18.9 Å². The van der Waals surface area contributed by atoms with Gasteiger partial charge >= 0.3 is 0 Å². The molecular weight excluding hydrogens is 202 g/mol. The first-order chi connectivity index (χ1) is 6.77. The van der Waals surface area contributed by atoms with E-state index in [0.29, 0.717) is 23.3 Å². The summed E-state index contributed by atoms with van der Waals surface area (Å²) in [6.45, 7) is 0.501. The van der Waals surface area contributed by atoms with Crippen LogP contribution in [0.4, 0.5) is 5.82 Å². The summed E-state index contributed by atoms with van der Waals surface area (Å²) >= 11 is 5.83. The predicted octanol–water partition coefficient (Wildman–Crippen LogP) is 1.31. The Hall–Kier alpha value is -0.870. The van der Waals surface area contributed by atoms with E-state index in [1.54, 1.807) is 0 Å². The van der Waals surface area contributed by atoms with E-state index < -0.39 is 0 Å². The van der Waals surface area contributed by atoms with Gasteiger partial charge in [-0.25, -0.2) is 9.97 Å². The summed E-state index contributed by atoms with van der Waals surface area (Å²) in [5.41, 5.74) is 0. The summed E-state index contributed by atoms with van der Waals surface area (Å²) in [5, 5.41) is 13.1. The van der Waals surface area contributed by atoms with Gasteiger partial charge in [0.2, 0.25) is 0 Å². The quantitative estimate of drug-likeness (QED) is 0.792. The first-order valence-corrected chi connectivity index (χ1v) is 5.02. The lowest BCUT2D eigenvalue weighted by Crippen LogP contribution is -2.21. The number of anilines is 1. The van der Waals surface area contributed by atoms with E-state index in [2.05, 4.69) is 15.3 Å². The minimum atomic E-state index is -0.291. The molecule has 0 aromatic carbocycles. The molecule has 0 bridgehead atoms. The van der Waals surface area contributed by atoms with Crippen molar-refractivity contribution in [3.05, 3.63) is 17.5 Å². The normalized spacial score (nSPS) is 17.9. The van der Waals surface area contributed by atoms with E-state index in [-0.39, 0.29) is 6.10 Å². The lowest BCUT2D eigenvalue weighted by Gasteiger charge is -2.11. The van der Waals surface area contributed by atoms with Crippen LogP contribution in [0.5, 0.6) is 0 Å². The lowest BCUT2D eigenvalue weighted by atomic mass is 10.2. The minimum absolute atomic E-state index is 0.291. The van der Waals surface area contributed by atoms with Crippen molar-refractivity contribution < 1.29 is 5.11 Å². The van der Waals surface area contributed by atoms with Crippen LogP contribution in [0.2, 0.25) is 5.02 Å². The molecule has 4 nitrogen and oxygen atoms in total. The fourth-order valence-corrected chi connectivity index (χ4v) is 1.46. The monoisotopic (exact) mass is 213 g/mol. The zero-order chi connectivity index (χ0) is 9.97. The SMILES string of the molecule is OC(CNc1ncncc1Cl)C1CC1. The van der Waals surface area contributed by atoms with Gasteiger partial charge in [0.1, 0.15) is 17.2 Å². The number of hydrogen-bond acceptors (Lipinski definition) is 4. The summed E-state index contributed by atoms with van der Waals surface area (Å²) in [6, 6.07) is 0. The van der Waals surface area contributed by atoms with Crippen LogP contribution in [0.25, 0.3) is 0 Å². The molecule has 14 heavy (non-hydrogen) atoms. The molecule has 1 fully saturated rings. The second kappa shape index (κ2) is 4.11. The fourth-order valence-electron chi connectivity index (χ4n) is 1.29. The number of rotatable bonds is 4. The topological polar surface area (TPSA) is 58.0 Å². The van der Waals surface area contributed by atoms with Gasteiger partial charge in [0.05, 0.1) is 12.3 Å². The molecule has 0 aliphatic heterocycles. The summed E-state index contributed by atoms with van der Waals surface area (Å²) in [5.74, 6) is 1.05. The highest BCUT2D eigenvalue weighted by Crippen LogP contribution is 2.32. The summed E-state index contributed by atoms with van der Waals surface area (Å²) in [7, 11) is 0. The molecule has 5 heteroatoms. The van der Waals surface area contributed by atoms with Crippen LogP contribution in [0.1, 0.15) is 12.8 Å². The predicted molar refractivity (Wildman–Crippen MR) is 54.3 cm³/mol. The molecule has 0 amide bonds. The van der Waals surface area contributed by atoms with Crippen LogP contribution in [0, 0.1) is 5.92 Å². The molecule has 2 N–H and O–H groups in total. The molecule has 1 aliphatic rings. The fraction of sp³-hybridized carbons (Fsp3) is 0.556. The van der Waals surface area contributed by atoms with Crippen LogP contribution < -0.4 is 5.32 Å². The summed E-state index contributed by atoms with van der Waals surface area (Å²) in [6.07, 6.45) is 4.92. The molecule has 2 rings (SSSR count). The lowest BCUT2D eigenvalue weighted by molar-refractivity contribution is 0.164. The smallest absolute Gasteiger partial charge is 0.148 e. The van der Waals surface area contributed by atoms with Gasteiger partial charge in [-0.1, -0.05) is 11.6 Å². The Bertz CT molecular complexity index is 317. The van der Waals surface area contributed by atoms with Gasteiger partial charge in [0.15, 0.2) is 0 Å². The number of aliphatic hydroxyl groups is 1. The molecular formula is C9H12ClN3O. The zero-order valence-corrected chi connectivity index (χ0v) is 8.41. The van der Waals surface area contributed by atoms with Crippen molar-refractivity contribution in [3.63, 3.8) is 0 Å². The van der Waals surface area contributed by atoms with E-state index in [0.717, 1.165) is 12.8 Å². The Morgan fingerprint density at radius 3 is 3.07 bits per heavy atom. The number of halogens is 1. The number of aliphatic hydroxyl groups excluding tert-OH is 1. The third-order valence-electron chi connectivity index (χ3n) is 2.31. The highest BCUT2D eigenvalue weighted by molar-refractivity contribution is 6.32. The van der Waals surface area contributed by atoms with Crippen molar-refractivity contribution in [1.82, 2.24) is 9.97 Å². The Kier molecular flexibility index (Phi) is 2.84. The van der Waals surface area contributed by atoms with Crippen molar-refractivity contribution in [2.24, 2.45) is 5.92 Å². The molecule has 1 unspecified atom stereocenters. The van der Waals surface area contributed by atoms with Gasteiger partial charge in [-0.15, -0.1) is 0 Å². The van der Waals surface area contributed by atoms with Crippen molar-refractivity contribution in [2.75, 3.05) is 11.9 Å². The summed E-state index contributed by atoms with van der Waals surface area (Å²) < 4.78 is 0. The molecule has 0 saturated heterocycles. The van der Waals surface area contributed by atoms with Gasteiger partial charge in [0, 0.05) is 6.54 Å². The Balaban J connectivity index is 1.87. The highest BCUT2D eigenvalue weighted by atomic mass is 35.5. The van der Waals surface area contributed by atoms with Crippen LogP contribution in [0.3, 0.4) is 0 Å². The van der Waals surface area contributed by atoms with Gasteiger partial charge in [-0.3, -0.25) is 0 Å². The van der Waals surface area contributed by atoms with Crippen LogP contribution >= 0.6 is 11.6 Å². The molecule has 76 valence electrons. The minimum Gasteiger partial charge on any atom is -0.391 e. The number of aromatic nitrogens is 2. The van der Waals surface area contributed by atoms with Crippen LogP contribution in [0.15, 0.2) is 12.5 Å². The van der Waals surface area contributed by atoms with E-state index in [1.807, 2.05) is 0 Å². The molecule has 1 saturated carbocycles. The number of nitrogens with one attached hydrogen (secondary N) is 1. The molecule has 1 heterocycles. The Morgan fingerprint density at radius 1 is 1.64 bits per heavy atom. The largest absolute Gasteiger partial charge is 0.391 e. The Labute approximate surface area is 87.3 Å². The number of hydrogen-bond donors (Lipinski definition) is 2. The van der Waals surface area contributed by atoms with E-state index in [1.165, 1.54) is 12.5 Å². The first-order valence-electron chi connectivity index (χ1n) is 4.65. The second-order valence-corrected chi connectivity index (χ2v) is 3.91. The first kappa shape index (κ1) is 9.68. The van der Waals surface area contributed by atoms with Gasteiger partial charge < -0.3 is 10.4 Å². The second-order valence-electron chi connectivity index (χ2n) is 3.50. The molecule has 1 aromatic rings. The Morgan fingerprint density at radius 2 is 2.43 bits per heavy atom. The van der Waals surface area contributed by atoms with Gasteiger partial charge in [-0.2, -0.15) is 0 Å². The van der Waals surface area contributed by atoms with Crippen molar-refractivity contribution >= 4 is 17.4 Å². The van der Waals surface area contributed by atoms with Crippen molar-refractivity contribution in [1.29, 1.82) is 0 Å². The maximum atomic E-state index is 9.59. The van der Waals surface area contributed by atoms with E-state index in [9.17, 15) is 5.11 Å². The van der Waals surface area contributed by atoms with Gasteiger partial charge in [0.25, 0.3) is 0 Å². The molecule has 1 atom stereocenters.